The Balaban J connectivity index is 2.21. The highest BCUT2D eigenvalue weighted by atomic mass is 15.2. The van der Waals surface area contributed by atoms with E-state index in [1.807, 2.05) is 30.5 Å². The molecular weight excluding hydrogens is 248 g/mol. The Morgan fingerprint density at radius 3 is 2.80 bits per heavy atom. The Hall–Kier alpha value is -2.36. The second kappa shape index (κ2) is 4.96. The summed E-state index contributed by atoms with van der Waals surface area (Å²) in [7, 11) is 0. The molecule has 0 saturated carbocycles. The molecule has 0 amide bonds. The molecule has 3 rings (SSSR count). The molecule has 0 saturated heterocycles. The minimum Gasteiger partial charge on any atom is -0.382 e. The van der Waals surface area contributed by atoms with Crippen LogP contribution >= 0.6 is 0 Å². The number of rotatable bonds is 3. The number of nitrogens with zero attached hydrogens (tertiary/aromatic N) is 2. The van der Waals surface area contributed by atoms with E-state index >= 15 is 0 Å². The maximum absolute atomic E-state index is 6.01. The van der Waals surface area contributed by atoms with Crippen LogP contribution in [0.5, 0.6) is 0 Å². The van der Waals surface area contributed by atoms with Crippen LogP contribution < -0.4 is 5.73 Å². The van der Waals surface area contributed by atoms with Gasteiger partial charge in [0.1, 0.15) is 5.82 Å². The van der Waals surface area contributed by atoms with Crippen LogP contribution in [0.15, 0.2) is 36.5 Å². The molecule has 0 aliphatic carbocycles. The number of anilines is 1. The molecule has 4 nitrogen and oxygen atoms in total. The highest BCUT2D eigenvalue weighted by Crippen LogP contribution is 2.31. The zero-order chi connectivity index (χ0) is 14.1. The number of nitrogen functional groups attached to an aromatic ring is 1. The van der Waals surface area contributed by atoms with Crippen LogP contribution in [0.25, 0.3) is 22.2 Å². The number of aromatic amines is 1. The van der Waals surface area contributed by atoms with E-state index in [9.17, 15) is 0 Å². The Kier molecular flexibility index (Phi) is 3.14. The summed E-state index contributed by atoms with van der Waals surface area (Å²) in [4.78, 5) is 4.40. The first kappa shape index (κ1) is 12.7. The van der Waals surface area contributed by atoms with Crippen molar-refractivity contribution < 1.29 is 0 Å². The highest BCUT2D eigenvalue weighted by Gasteiger charge is 2.15. The number of para-hydroxylation sites is 1. The largest absolute Gasteiger partial charge is 0.382 e. The number of hydrogen-bond donors (Lipinski definition) is 2. The molecule has 4 heteroatoms. The average Bonchev–Trinajstić information content (AvgIpc) is 2.79. The third-order valence-electron chi connectivity index (χ3n) is 3.43. The Morgan fingerprint density at radius 2 is 2.00 bits per heavy atom. The lowest BCUT2D eigenvalue weighted by Gasteiger charge is -2.09. The molecule has 102 valence electrons. The van der Waals surface area contributed by atoms with Crippen LogP contribution in [0.3, 0.4) is 0 Å². The molecular formula is C16H18N4. The number of aromatic nitrogens is 3. The number of benzene rings is 1. The van der Waals surface area contributed by atoms with E-state index in [1.54, 1.807) is 0 Å². The molecule has 0 unspecified atom stereocenters. The average molecular weight is 266 g/mol. The number of fused-ring (bicyclic) bond motifs is 1. The summed E-state index contributed by atoms with van der Waals surface area (Å²) in [6.45, 7) is 4.36. The fraction of sp³-hybridized carbons (Fsp3) is 0.250. The van der Waals surface area contributed by atoms with Gasteiger partial charge in [0.2, 0.25) is 0 Å². The van der Waals surface area contributed by atoms with Crippen molar-refractivity contribution in [3.05, 3.63) is 42.1 Å². The quantitative estimate of drug-likeness (QED) is 0.763. The lowest BCUT2D eigenvalue weighted by atomic mass is 9.97. The highest BCUT2D eigenvalue weighted by molar-refractivity contribution is 5.94. The van der Waals surface area contributed by atoms with Crippen LogP contribution in [0, 0.1) is 5.92 Å². The summed E-state index contributed by atoms with van der Waals surface area (Å²) < 4.78 is 0. The number of pyridine rings is 1. The van der Waals surface area contributed by atoms with E-state index in [0.717, 1.165) is 34.1 Å². The maximum atomic E-state index is 6.01. The summed E-state index contributed by atoms with van der Waals surface area (Å²) in [6, 6.07) is 10.1. The van der Waals surface area contributed by atoms with Crippen LogP contribution in [0.4, 0.5) is 5.82 Å². The Bertz CT molecular complexity index is 738. The molecule has 2 aromatic heterocycles. The number of nitrogens with one attached hydrogen (secondary N) is 1. The summed E-state index contributed by atoms with van der Waals surface area (Å²) in [6.07, 6.45) is 2.74. The molecule has 0 aliphatic heterocycles. The van der Waals surface area contributed by atoms with Crippen LogP contribution in [0.2, 0.25) is 0 Å². The third-order valence-corrected chi connectivity index (χ3v) is 3.43. The third kappa shape index (κ3) is 2.13. The summed E-state index contributed by atoms with van der Waals surface area (Å²) in [5, 5.41) is 8.38. The van der Waals surface area contributed by atoms with E-state index < -0.39 is 0 Å². The van der Waals surface area contributed by atoms with E-state index in [1.165, 1.54) is 0 Å². The van der Waals surface area contributed by atoms with Crippen molar-refractivity contribution in [2.45, 2.75) is 20.3 Å². The molecule has 0 bridgehead atoms. The first-order valence-corrected chi connectivity index (χ1v) is 6.83. The smallest absolute Gasteiger partial charge is 0.149 e. The first-order chi connectivity index (χ1) is 9.66. The van der Waals surface area contributed by atoms with Gasteiger partial charge in [0.25, 0.3) is 0 Å². The SMILES string of the molecule is CC(C)Cc1c(N)n[nH]c1-c1ccnc2ccccc12. The molecule has 20 heavy (non-hydrogen) atoms. The van der Waals surface area contributed by atoms with Gasteiger partial charge in [-0.3, -0.25) is 10.1 Å². The molecule has 3 aromatic rings. The molecule has 0 fully saturated rings. The summed E-state index contributed by atoms with van der Waals surface area (Å²) >= 11 is 0. The Labute approximate surface area is 118 Å². The van der Waals surface area contributed by atoms with Gasteiger partial charge in [0, 0.05) is 22.7 Å². The molecule has 0 radical (unpaired) electrons. The Morgan fingerprint density at radius 1 is 1.20 bits per heavy atom. The van der Waals surface area contributed by atoms with Crippen molar-refractivity contribution in [2.24, 2.45) is 5.92 Å². The fourth-order valence-corrected chi connectivity index (χ4v) is 2.53. The fourth-order valence-electron chi connectivity index (χ4n) is 2.53. The molecule has 0 spiro atoms. The van der Waals surface area contributed by atoms with Gasteiger partial charge in [0.15, 0.2) is 0 Å². The van der Waals surface area contributed by atoms with E-state index in [4.69, 9.17) is 5.73 Å². The van der Waals surface area contributed by atoms with Crippen molar-refractivity contribution in [1.29, 1.82) is 0 Å². The lowest BCUT2D eigenvalue weighted by Crippen LogP contribution is -1.99. The standard InChI is InChI=1S/C16H18N4/c1-10(2)9-13-15(19-20-16(13)17)12-7-8-18-14-6-4-3-5-11(12)14/h3-8,10H,9H2,1-2H3,(H3,17,19,20). The van der Waals surface area contributed by atoms with Gasteiger partial charge in [-0.1, -0.05) is 32.0 Å². The summed E-state index contributed by atoms with van der Waals surface area (Å²) in [5.74, 6) is 1.12. The lowest BCUT2D eigenvalue weighted by molar-refractivity contribution is 0.649. The molecule has 0 aliphatic rings. The number of hydrogen-bond acceptors (Lipinski definition) is 3. The van der Waals surface area contributed by atoms with Gasteiger partial charge < -0.3 is 5.73 Å². The number of nitrogens with two attached hydrogens (primary N) is 1. The van der Waals surface area contributed by atoms with Crippen molar-refractivity contribution in [3.63, 3.8) is 0 Å². The zero-order valence-corrected chi connectivity index (χ0v) is 11.7. The maximum Gasteiger partial charge on any atom is 0.149 e. The topological polar surface area (TPSA) is 67.6 Å². The second-order valence-electron chi connectivity index (χ2n) is 5.44. The van der Waals surface area contributed by atoms with Crippen molar-refractivity contribution in [3.8, 4) is 11.3 Å². The number of H-pyrrole nitrogens is 1. The predicted octanol–water partition coefficient (Wildman–Crippen LogP) is 3.41. The molecule has 2 heterocycles. The van der Waals surface area contributed by atoms with E-state index in [-0.39, 0.29) is 0 Å². The molecule has 1 aromatic carbocycles. The van der Waals surface area contributed by atoms with Crippen LogP contribution in [-0.2, 0) is 6.42 Å². The minimum atomic E-state index is 0.529. The van der Waals surface area contributed by atoms with Crippen LogP contribution in [-0.4, -0.2) is 15.2 Å². The van der Waals surface area contributed by atoms with Crippen LogP contribution in [0.1, 0.15) is 19.4 Å². The van der Waals surface area contributed by atoms with E-state index in [0.29, 0.717) is 11.7 Å². The van der Waals surface area contributed by atoms with Crippen molar-refractivity contribution >= 4 is 16.7 Å². The summed E-state index contributed by atoms with van der Waals surface area (Å²) in [5.41, 5.74) is 10.2. The molecule has 0 atom stereocenters. The van der Waals surface area contributed by atoms with Gasteiger partial charge in [-0.15, -0.1) is 0 Å². The van der Waals surface area contributed by atoms with Gasteiger partial charge in [-0.05, 0) is 24.5 Å². The predicted molar refractivity (Wildman–Crippen MR) is 82.3 cm³/mol. The van der Waals surface area contributed by atoms with Crippen molar-refractivity contribution in [2.75, 3.05) is 5.73 Å². The van der Waals surface area contributed by atoms with Gasteiger partial charge in [-0.2, -0.15) is 5.10 Å². The molecule has 3 N–H and O–H groups in total. The van der Waals surface area contributed by atoms with Crippen molar-refractivity contribution in [1.82, 2.24) is 15.2 Å². The normalized spacial score (nSPS) is 11.3. The van der Waals surface area contributed by atoms with E-state index in [2.05, 4.69) is 35.1 Å². The minimum absolute atomic E-state index is 0.529. The monoisotopic (exact) mass is 266 g/mol. The second-order valence-corrected chi connectivity index (χ2v) is 5.44. The van der Waals surface area contributed by atoms with Gasteiger partial charge >= 0.3 is 0 Å². The van der Waals surface area contributed by atoms with Gasteiger partial charge in [-0.25, -0.2) is 0 Å². The van der Waals surface area contributed by atoms with Gasteiger partial charge in [0.05, 0.1) is 11.2 Å². The first-order valence-electron chi connectivity index (χ1n) is 6.83. The zero-order valence-electron chi connectivity index (χ0n) is 11.7.